The highest BCUT2D eigenvalue weighted by molar-refractivity contribution is 5.96. The fourth-order valence-electron chi connectivity index (χ4n) is 5.83. The van der Waals surface area contributed by atoms with Gasteiger partial charge in [0.15, 0.2) is 0 Å². The number of aliphatic hydroxyl groups is 1. The van der Waals surface area contributed by atoms with E-state index in [1.54, 1.807) is 11.8 Å². The Bertz CT molecular complexity index is 768. The number of nitrogens with zero attached hydrogens (tertiary/aromatic N) is 2. The molecule has 2 saturated heterocycles. The van der Waals surface area contributed by atoms with Crippen LogP contribution in [0, 0.1) is 29.6 Å². The molecule has 0 aromatic carbocycles. The van der Waals surface area contributed by atoms with E-state index in [4.69, 9.17) is 9.47 Å². The highest BCUT2D eigenvalue weighted by Gasteiger charge is 2.59. The van der Waals surface area contributed by atoms with Gasteiger partial charge in [0.1, 0.15) is 6.04 Å². The number of carbonyl (C=O) groups excluding carboxylic acids is 3. The minimum atomic E-state index is -0.769. The zero-order valence-electron chi connectivity index (χ0n) is 21.7. The van der Waals surface area contributed by atoms with Crippen LogP contribution in [-0.4, -0.2) is 97.4 Å². The molecular formula is C26H43N3O6. The monoisotopic (exact) mass is 493 g/mol. The van der Waals surface area contributed by atoms with Gasteiger partial charge in [0.2, 0.25) is 11.8 Å². The summed E-state index contributed by atoms with van der Waals surface area (Å²) in [5.74, 6) is -2.72. The molecule has 0 saturated carbocycles. The molecule has 9 nitrogen and oxygen atoms in total. The van der Waals surface area contributed by atoms with Crippen molar-refractivity contribution in [1.82, 2.24) is 15.1 Å². The molecule has 2 fully saturated rings. The molecule has 7 atom stereocenters. The van der Waals surface area contributed by atoms with Gasteiger partial charge in [0.05, 0.1) is 44.3 Å². The van der Waals surface area contributed by atoms with E-state index in [0.717, 1.165) is 19.5 Å². The molecule has 35 heavy (non-hydrogen) atoms. The lowest BCUT2D eigenvalue weighted by molar-refractivity contribution is -0.156. The number of carbonyl (C=O) groups is 3. The van der Waals surface area contributed by atoms with Gasteiger partial charge in [-0.3, -0.25) is 19.3 Å². The molecule has 0 radical (unpaired) electrons. The topological polar surface area (TPSA) is 108 Å². The number of nitrogens with one attached hydrogen (secondary N) is 1. The maximum Gasteiger partial charge on any atom is 0.310 e. The third-order valence-electron chi connectivity index (χ3n) is 8.02. The quantitative estimate of drug-likeness (QED) is 0.327. The summed E-state index contributed by atoms with van der Waals surface area (Å²) in [6.45, 7) is 12.0. The van der Waals surface area contributed by atoms with Crippen molar-refractivity contribution >= 4 is 17.8 Å². The number of allylic oxidation sites excluding steroid dienone is 1. The van der Waals surface area contributed by atoms with Crippen LogP contribution in [0.3, 0.4) is 0 Å². The smallest absolute Gasteiger partial charge is 0.310 e. The van der Waals surface area contributed by atoms with Crippen molar-refractivity contribution in [2.24, 2.45) is 29.6 Å². The molecule has 2 amide bonds. The van der Waals surface area contributed by atoms with Crippen LogP contribution in [-0.2, 0) is 23.9 Å². The van der Waals surface area contributed by atoms with Crippen LogP contribution >= 0.6 is 0 Å². The first-order valence-corrected chi connectivity index (χ1v) is 13.2. The van der Waals surface area contributed by atoms with E-state index in [-0.39, 0.29) is 42.8 Å². The maximum atomic E-state index is 13.9. The summed E-state index contributed by atoms with van der Waals surface area (Å²) < 4.78 is 10.8. The summed E-state index contributed by atoms with van der Waals surface area (Å²) in [5.41, 5.74) is 0. The largest absolute Gasteiger partial charge is 0.466 e. The van der Waals surface area contributed by atoms with Crippen LogP contribution in [0.1, 0.15) is 40.5 Å². The fraction of sp³-hybridized carbons (Fsp3) is 0.808. The molecule has 0 bridgehead atoms. The third-order valence-corrected chi connectivity index (χ3v) is 8.02. The number of ether oxygens (including phenoxy) is 2. The van der Waals surface area contributed by atoms with Crippen LogP contribution in [0.25, 0.3) is 0 Å². The third kappa shape index (κ3) is 5.89. The molecule has 9 heteroatoms. The van der Waals surface area contributed by atoms with Crippen LogP contribution in [0.5, 0.6) is 0 Å². The molecular weight excluding hydrogens is 450 g/mol. The van der Waals surface area contributed by atoms with Crippen LogP contribution in [0.4, 0.5) is 0 Å². The number of rotatable bonds is 11. The fourth-order valence-corrected chi connectivity index (χ4v) is 5.83. The molecule has 0 spiro atoms. The summed E-state index contributed by atoms with van der Waals surface area (Å²) in [5, 5.41) is 13.3. The lowest BCUT2D eigenvalue weighted by Gasteiger charge is -2.36. The van der Waals surface area contributed by atoms with Gasteiger partial charge in [0.25, 0.3) is 0 Å². The van der Waals surface area contributed by atoms with Crippen molar-refractivity contribution in [3.05, 3.63) is 12.2 Å². The average molecular weight is 494 g/mol. The normalized spacial score (nSPS) is 30.6. The molecule has 0 unspecified atom stereocenters. The van der Waals surface area contributed by atoms with Gasteiger partial charge in [-0.1, -0.05) is 39.3 Å². The van der Waals surface area contributed by atoms with Gasteiger partial charge in [-0.2, -0.15) is 0 Å². The lowest BCUT2D eigenvalue weighted by atomic mass is 9.69. The Morgan fingerprint density at radius 2 is 1.94 bits per heavy atom. The molecule has 198 valence electrons. The van der Waals surface area contributed by atoms with Crippen LogP contribution < -0.4 is 5.32 Å². The number of amides is 2. The van der Waals surface area contributed by atoms with Gasteiger partial charge in [-0.15, -0.1) is 0 Å². The predicted molar refractivity (Wildman–Crippen MR) is 131 cm³/mol. The molecule has 0 aromatic rings. The number of esters is 1. The molecule has 3 rings (SSSR count). The Labute approximate surface area is 209 Å². The van der Waals surface area contributed by atoms with Gasteiger partial charge < -0.3 is 24.8 Å². The predicted octanol–water partition coefficient (Wildman–Crippen LogP) is 1.06. The SMILES string of the molecule is CCOC(=O)[C@H]1[C@@H]2C(=O)N([C@@H](CO)[C@@H](C)CC)[C@H](C(=O)NCCN3CCOCC3)[C@H]2C=C[C@H]1CC. The summed E-state index contributed by atoms with van der Waals surface area (Å²) in [7, 11) is 0. The highest BCUT2D eigenvalue weighted by atomic mass is 16.5. The molecule has 0 aromatic heterocycles. The summed E-state index contributed by atoms with van der Waals surface area (Å²) in [6, 6.07) is -1.27. The number of hydrogen-bond acceptors (Lipinski definition) is 7. The van der Waals surface area contributed by atoms with E-state index in [0.29, 0.717) is 32.7 Å². The van der Waals surface area contributed by atoms with E-state index in [2.05, 4.69) is 10.2 Å². The molecule has 1 aliphatic carbocycles. The first kappa shape index (κ1) is 27.6. The van der Waals surface area contributed by atoms with Gasteiger partial charge in [-0.05, 0) is 25.2 Å². The molecule has 3 aliphatic rings. The van der Waals surface area contributed by atoms with Crippen molar-refractivity contribution in [1.29, 1.82) is 0 Å². The second kappa shape index (κ2) is 12.8. The highest BCUT2D eigenvalue weighted by Crippen LogP contribution is 2.46. The van der Waals surface area contributed by atoms with Gasteiger partial charge >= 0.3 is 5.97 Å². The Kier molecular flexibility index (Phi) is 10.1. The standard InChI is InChI=1S/C26H43N3O6/c1-5-17(4)20(16-30)29-23(24(31)27-10-11-28-12-14-34-15-13-28)19-9-8-18(6-2)21(22(19)25(29)32)26(33)35-7-3/h8-9,17-23,30H,5-7,10-16H2,1-4H3,(H,27,31)/t17-,18+,19-,20-,21+,22+,23-/m0/s1. The number of morpholine rings is 1. The molecule has 2 N–H and O–H groups in total. The van der Waals surface area contributed by atoms with Crippen LogP contribution in [0.2, 0.25) is 0 Å². The van der Waals surface area contributed by atoms with Crippen molar-refractivity contribution in [2.75, 3.05) is 52.6 Å². The lowest BCUT2D eigenvalue weighted by Crippen LogP contribution is -2.55. The zero-order valence-corrected chi connectivity index (χ0v) is 21.7. The minimum absolute atomic E-state index is 0.000233. The van der Waals surface area contributed by atoms with E-state index in [1.165, 1.54) is 0 Å². The first-order valence-electron chi connectivity index (χ1n) is 13.2. The van der Waals surface area contributed by atoms with Crippen molar-refractivity contribution in [3.8, 4) is 0 Å². The number of fused-ring (bicyclic) bond motifs is 1. The Hall–Kier alpha value is -1.97. The van der Waals surface area contributed by atoms with E-state index >= 15 is 0 Å². The summed E-state index contributed by atoms with van der Waals surface area (Å²) >= 11 is 0. The van der Waals surface area contributed by atoms with E-state index in [1.807, 2.05) is 32.9 Å². The number of aliphatic hydroxyl groups excluding tert-OH is 1. The van der Waals surface area contributed by atoms with E-state index < -0.39 is 29.8 Å². The summed E-state index contributed by atoms with van der Waals surface area (Å²) in [6.07, 6.45) is 5.38. The van der Waals surface area contributed by atoms with Gasteiger partial charge in [0, 0.05) is 32.1 Å². The van der Waals surface area contributed by atoms with Crippen molar-refractivity contribution in [2.45, 2.75) is 52.6 Å². The molecule has 2 aliphatic heterocycles. The van der Waals surface area contributed by atoms with Crippen molar-refractivity contribution in [3.63, 3.8) is 0 Å². The van der Waals surface area contributed by atoms with Crippen molar-refractivity contribution < 1.29 is 29.0 Å². The summed E-state index contributed by atoms with van der Waals surface area (Å²) in [4.78, 5) is 44.4. The maximum absolute atomic E-state index is 13.9. The zero-order chi connectivity index (χ0) is 25.5. The average Bonchev–Trinajstić information content (AvgIpc) is 3.16. The number of hydrogen-bond donors (Lipinski definition) is 2. The molecule has 2 heterocycles. The van der Waals surface area contributed by atoms with Crippen LogP contribution in [0.15, 0.2) is 12.2 Å². The first-order chi connectivity index (χ1) is 16.9. The Balaban J connectivity index is 1.89. The number of likely N-dealkylation sites (tertiary alicyclic amines) is 1. The van der Waals surface area contributed by atoms with E-state index in [9.17, 15) is 19.5 Å². The Morgan fingerprint density at radius 1 is 1.23 bits per heavy atom. The second-order valence-electron chi connectivity index (χ2n) is 9.91. The Morgan fingerprint density at radius 3 is 2.54 bits per heavy atom. The second-order valence-corrected chi connectivity index (χ2v) is 9.91. The van der Waals surface area contributed by atoms with Gasteiger partial charge in [-0.25, -0.2) is 0 Å². The minimum Gasteiger partial charge on any atom is -0.466 e.